The number of hydrogen-bond donors (Lipinski definition) is 2. The van der Waals surface area contributed by atoms with Gasteiger partial charge in [0.15, 0.2) is 0 Å². The van der Waals surface area contributed by atoms with Crippen molar-refractivity contribution in [3.63, 3.8) is 0 Å². The molecule has 28 heavy (non-hydrogen) atoms. The normalized spacial score (nSPS) is 11.0. The van der Waals surface area contributed by atoms with Crippen LogP contribution >= 0.6 is 11.6 Å². The molecule has 0 fully saturated rings. The van der Waals surface area contributed by atoms with Crippen molar-refractivity contribution in [3.05, 3.63) is 87.9 Å². The van der Waals surface area contributed by atoms with Crippen LogP contribution in [0.4, 0.5) is 11.4 Å². The molecular weight excluding hydrogens is 396 g/mol. The zero-order valence-electron chi connectivity index (χ0n) is 13.7. The summed E-state index contributed by atoms with van der Waals surface area (Å²) in [5.74, 6) is 0.535. The quantitative estimate of drug-likeness (QED) is 0.487. The van der Waals surface area contributed by atoms with E-state index in [-0.39, 0.29) is 22.2 Å². The topological polar surface area (TPSA) is 165 Å². The number of nitro groups is 2. The summed E-state index contributed by atoms with van der Waals surface area (Å²) >= 11 is 6.05. The molecular formula is C16H9ClN4O7. The number of H-pyrrole nitrogens is 2. The number of nitrogens with zero attached hydrogens (tertiary/aromatic N) is 2. The maximum Gasteiger partial charge on any atom is 0.357 e. The van der Waals surface area contributed by atoms with Gasteiger partial charge in [-0.2, -0.15) is 0 Å². The van der Waals surface area contributed by atoms with Gasteiger partial charge >= 0.3 is 16.9 Å². The Hall–Kier alpha value is -3.99. The molecule has 0 saturated heterocycles. The van der Waals surface area contributed by atoms with E-state index in [1.807, 2.05) is 0 Å². The van der Waals surface area contributed by atoms with Crippen molar-refractivity contribution in [1.29, 1.82) is 0 Å². The number of aromatic nitrogens is 2. The van der Waals surface area contributed by atoms with Crippen LogP contribution in [0.25, 0.3) is 23.5 Å². The fourth-order valence-corrected chi connectivity index (χ4v) is 2.64. The molecule has 0 radical (unpaired) electrons. The minimum absolute atomic E-state index is 0.105. The predicted molar refractivity (Wildman–Crippen MR) is 99.1 cm³/mol. The molecule has 0 saturated carbocycles. The lowest BCUT2D eigenvalue weighted by atomic mass is 10.1. The smallest absolute Gasteiger partial charge is 0.357 e. The van der Waals surface area contributed by atoms with Gasteiger partial charge in [-0.25, -0.2) is 4.79 Å². The van der Waals surface area contributed by atoms with Gasteiger partial charge in [-0.05, 0) is 30.4 Å². The number of hydrogen-bond acceptors (Lipinski definition) is 7. The zero-order valence-corrected chi connectivity index (χ0v) is 14.4. The highest BCUT2D eigenvalue weighted by molar-refractivity contribution is 6.33. The minimum Gasteiger partial charge on any atom is -0.457 e. The molecule has 11 nitrogen and oxygen atoms in total. The van der Waals surface area contributed by atoms with E-state index in [0.29, 0.717) is 11.3 Å². The number of rotatable bonds is 5. The number of non-ortho nitro benzene ring substituents is 1. The Morgan fingerprint density at radius 3 is 2.39 bits per heavy atom. The van der Waals surface area contributed by atoms with Crippen LogP contribution in [0.15, 0.2) is 44.3 Å². The Kier molecular flexibility index (Phi) is 4.92. The van der Waals surface area contributed by atoms with E-state index < -0.39 is 26.8 Å². The standard InChI is InChI=1S/C16H9ClN4O7/c17-11-7-8(20(24)25)1-4-10(11)13-6-3-9(28-13)2-5-12-14(21(26)27)15(22)19-16(23)18-12/h1-7H,(H2,18,19,22,23). The first kappa shape index (κ1) is 18.8. The maximum absolute atomic E-state index is 11.6. The summed E-state index contributed by atoms with van der Waals surface area (Å²) in [6, 6.07) is 6.93. The molecule has 0 bridgehead atoms. The molecule has 0 spiro atoms. The van der Waals surface area contributed by atoms with Gasteiger partial charge < -0.3 is 9.40 Å². The molecule has 1 aromatic carbocycles. The maximum atomic E-state index is 11.6. The molecule has 2 N–H and O–H groups in total. The van der Waals surface area contributed by atoms with Gasteiger partial charge in [0.2, 0.25) is 0 Å². The van der Waals surface area contributed by atoms with Crippen molar-refractivity contribution in [2.24, 2.45) is 0 Å². The first-order valence-corrected chi connectivity index (χ1v) is 7.87. The highest BCUT2D eigenvalue weighted by Gasteiger charge is 2.19. The molecule has 12 heteroatoms. The molecule has 0 amide bonds. The minimum atomic E-state index is -1.13. The van der Waals surface area contributed by atoms with E-state index in [0.717, 1.165) is 6.08 Å². The van der Waals surface area contributed by atoms with Crippen LogP contribution in [0.3, 0.4) is 0 Å². The average Bonchev–Trinajstić information content (AvgIpc) is 3.07. The van der Waals surface area contributed by atoms with Gasteiger partial charge in [0, 0.05) is 17.7 Å². The molecule has 2 heterocycles. The van der Waals surface area contributed by atoms with Crippen molar-refractivity contribution in [2.45, 2.75) is 0 Å². The summed E-state index contributed by atoms with van der Waals surface area (Å²) in [5, 5.41) is 21.9. The second-order valence-electron chi connectivity index (χ2n) is 5.38. The van der Waals surface area contributed by atoms with Gasteiger partial charge in [-0.15, -0.1) is 0 Å². The van der Waals surface area contributed by atoms with Gasteiger partial charge in [-0.1, -0.05) is 11.6 Å². The van der Waals surface area contributed by atoms with Crippen molar-refractivity contribution in [1.82, 2.24) is 9.97 Å². The van der Waals surface area contributed by atoms with Crippen LogP contribution in [0.2, 0.25) is 5.02 Å². The highest BCUT2D eigenvalue weighted by atomic mass is 35.5. The summed E-state index contributed by atoms with van der Waals surface area (Å²) in [4.78, 5) is 47.1. The van der Waals surface area contributed by atoms with Crippen molar-refractivity contribution < 1.29 is 14.3 Å². The second kappa shape index (κ2) is 7.32. The van der Waals surface area contributed by atoms with E-state index in [2.05, 4.69) is 4.98 Å². The predicted octanol–water partition coefficient (Wildman–Crippen LogP) is 2.96. The van der Waals surface area contributed by atoms with Crippen LogP contribution in [-0.2, 0) is 0 Å². The Balaban J connectivity index is 1.94. The zero-order chi connectivity index (χ0) is 20.4. The van der Waals surface area contributed by atoms with E-state index in [9.17, 15) is 29.8 Å². The first-order chi connectivity index (χ1) is 13.3. The molecule has 2 aromatic heterocycles. The second-order valence-corrected chi connectivity index (χ2v) is 5.79. The number of nitro benzene ring substituents is 1. The molecule has 0 unspecified atom stereocenters. The number of furan rings is 1. The summed E-state index contributed by atoms with van der Waals surface area (Å²) in [7, 11) is 0. The number of halogens is 1. The Morgan fingerprint density at radius 1 is 1.00 bits per heavy atom. The van der Waals surface area contributed by atoms with Gasteiger partial charge in [-0.3, -0.25) is 30.0 Å². The lowest BCUT2D eigenvalue weighted by Crippen LogP contribution is -2.25. The van der Waals surface area contributed by atoms with Crippen molar-refractivity contribution >= 4 is 35.1 Å². The third-order valence-corrected chi connectivity index (χ3v) is 3.91. The Bertz CT molecular complexity index is 1240. The van der Waals surface area contributed by atoms with Crippen molar-refractivity contribution in [2.75, 3.05) is 0 Å². The lowest BCUT2D eigenvalue weighted by Gasteiger charge is -2.00. The molecule has 0 aliphatic carbocycles. The largest absolute Gasteiger partial charge is 0.457 e. The summed E-state index contributed by atoms with van der Waals surface area (Å²) in [5.41, 5.74) is -2.92. The molecule has 0 aliphatic heterocycles. The third-order valence-electron chi connectivity index (χ3n) is 3.60. The number of benzene rings is 1. The summed E-state index contributed by atoms with van der Waals surface area (Å²) in [6.07, 6.45) is 2.45. The van der Waals surface area contributed by atoms with Crippen LogP contribution in [0.5, 0.6) is 0 Å². The van der Waals surface area contributed by atoms with E-state index in [1.54, 1.807) is 11.1 Å². The van der Waals surface area contributed by atoms with Crippen LogP contribution in [-0.4, -0.2) is 19.8 Å². The average molecular weight is 405 g/mol. The fraction of sp³-hybridized carbons (Fsp3) is 0. The monoisotopic (exact) mass is 404 g/mol. The Morgan fingerprint density at radius 2 is 1.75 bits per heavy atom. The Labute approximate surface area is 159 Å². The number of aromatic amines is 2. The van der Waals surface area contributed by atoms with E-state index >= 15 is 0 Å². The molecule has 3 rings (SSSR count). The van der Waals surface area contributed by atoms with Gasteiger partial charge in [0.25, 0.3) is 5.69 Å². The van der Waals surface area contributed by atoms with Crippen molar-refractivity contribution in [3.8, 4) is 11.3 Å². The van der Waals surface area contributed by atoms with Crippen LogP contribution in [0.1, 0.15) is 11.5 Å². The SMILES string of the molecule is O=c1[nH]c(C=Cc2ccc(-c3ccc([N+](=O)[O-])cc3Cl)o2)c([N+](=O)[O-])c(=O)[nH]1. The summed E-state index contributed by atoms with van der Waals surface area (Å²) in [6.45, 7) is 0. The lowest BCUT2D eigenvalue weighted by molar-refractivity contribution is -0.386. The summed E-state index contributed by atoms with van der Waals surface area (Å²) < 4.78 is 5.54. The molecule has 0 aliphatic rings. The first-order valence-electron chi connectivity index (χ1n) is 7.49. The highest BCUT2D eigenvalue weighted by Crippen LogP contribution is 2.32. The number of nitrogens with one attached hydrogen (secondary N) is 2. The molecule has 0 atom stereocenters. The van der Waals surface area contributed by atoms with Crippen LogP contribution < -0.4 is 11.2 Å². The van der Waals surface area contributed by atoms with Gasteiger partial charge in [0.05, 0.1) is 14.9 Å². The van der Waals surface area contributed by atoms with E-state index in [1.165, 1.54) is 30.3 Å². The molecule has 3 aromatic rings. The van der Waals surface area contributed by atoms with Crippen LogP contribution in [0, 0.1) is 20.2 Å². The third kappa shape index (κ3) is 3.73. The van der Waals surface area contributed by atoms with E-state index in [4.69, 9.17) is 16.0 Å². The van der Waals surface area contributed by atoms with Gasteiger partial charge in [0.1, 0.15) is 17.2 Å². The fourth-order valence-electron chi connectivity index (χ4n) is 2.37. The molecule has 142 valence electrons.